The molecular formula is C15H26N2O5. The Hall–Kier alpha value is -1.89. The van der Waals surface area contributed by atoms with Crippen molar-refractivity contribution in [2.24, 2.45) is 5.73 Å². The summed E-state index contributed by atoms with van der Waals surface area (Å²) in [4.78, 5) is 37.0. The van der Waals surface area contributed by atoms with Gasteiger partial charge in [0.05, 0.1) is 7.11 Å². The number of rotatable bonds is 7. The van der Waals surface area contributed by atoms with Crippen LogP contribution >= 0.6 is 0 Å². The molecule has 0 spiro atoms. The fraction of sp³-hybridized carbons (Fsp3) is 0.667. The Balaban J connectivity index is 5.37. The highest BCUT2D eigenvalue weighted by atomic mass is 16.6. The standard InChI is InChI=1S/C15H26N2O5/c1-6-12(18)17(14(20)22-15(2,3)4)11(13(19)21-5)9-7-8-10-16/h6,11H,1,7-10,16H2,2-5H3/t11-/m0/s1. The summed E-state index contributed by atoms with van der Waals surface area (Å²) in [5.74, 6) is -1.39. The van der Waals surface area contributed by atoms with E-state index in [0.717, 1.165) is 11.0 Å². The van der Waals surface area contributed by atoms with Gasteiger partial charge in [-0.1, -0.05) is 6.58 Å². The molecule has 0 saturated carbocycles. The predicted octanol–water partition coefficient (Wildman–Crippen LogP) is 1.61. The average molecular weight is 314 g/mol. The van der Waals surface area contributed by atoms with E-state index in [4.69, 9.17) is 15.2 Å². The van der Waals surface area contributed by atoms with E-state index < -0.39 is 29.6 Å². The summed E-state index contributed by atoms with van der Waals surface area (Å²) in [5, 5.41) is 0. The van der Waals surface area contributed by atoms with Crippen LogP contribution in [0, 0.1) is 0 Å². The lowest BCUT2D eigenvalue weighted by molar-refractivity contribution is -0.151. The lowest BCUT2D eigenvalue weighted by atomic mass is 10.1. The van der Waals surface area contributed by atoms with Crippen molar-refractivity contribution in [1.82, 2.24) is 4.90 Å². The zero-order valence-electron chi connectivity index (χ0n) is 13.8. The molecule has 0 heterocycles. The van der Waals surface area contributed by atoms with Gasteiger partial charge < -0.3 is 15.2 Å². The third-order valence-corrected chi connectivity index (χ3v) is 2.72. The lowest BCUT2D eigenvalue weighted by Gasteiger charge is -2.30. The molecule has 0 radical (unpaired) electrons. The van der Waals surface area contributed by atoms with Gasteiger partial charge in [0.1, 0.15) is 11.6 Å². The maximum Gasteiger partial charge on any atom is 0.418 e. The summed E-state index contributed by atoms with van der Waals surface area (Å²) in [7, 11) is 1.20. The van der Waals surface area contributed by atoms with Gasteiger partial charge in [0.2, 0.25) is 0 Å². The summed E-state index contributed by atoms with van der Waals surface area (Å²) in [6, 6.07) is -1.06. The number of esters is 1. The number of imide groups is 1. The van der Waals surface area contributed by atoms with E-state index in [1.807, 2.05) is 0 Å². The number of methoxy groups -OCH3 is 1. The molecule has 0 rings (SSSR count). The molecule has 0 aliphatic rings. The number of carbonyl (C=O) groups excluding carboxylic acids is 3. The van der Waals surface area contributed by atoms with Crippen LogP contribution in [0.4, 0.5) is 4.79 Å². The second-order valence-electron chi connectivity index (χ2n) is 5.72. The summed E-state index contributed by atoms with van der Waals surface area (Å²) < 4.78 is 9.88. The van der Waals surface area contributed by atoms with E-state index in [-0.39, 0.29) is 6.42 Å². The van der Waals surface area contributed by atoms with Crippen LogP contribution in [0.25, 0.3) is 0 Å². The molecule has 22 heavy (non-hydrogen) atoms. The molecule has 0 saturated heterocycles. The molecule has 0 aromatic carbocycles. The molecule has 0 bridgehead atoms. The smallest absolute Gasteiger partial charge is 0.418 e. The molecule has 2 N–H and O–H groups in total. The Morgan fingerprint density at radius 2 is 1.86 bits per heavy atom. The van der Waals surface area contributed by atoms with Gasteiger partial charge in [-0.25, -0.2) is 14.5 Å². The number of nitrogens with zero attached hydrogens (tertiary/aromatic N) is 1. The third kappa shape index (κ3) is 6.71. The third-order valence-electron chi connectivity index (χ3n) is 2.72. The zero-order valence-corrected chi connectivity index (χ0v) is 13.8. The zero-order chi connectivity index (χ0) is 17.3. The minimum Gasteiger partial charge on any atom is -0.467 e. The second-order valence-corrected chi connectivity index (χ2v) is 5.72. The molecule has 1 atom stereocenters. The molecular weight excluding hydrogens is 288 g/mol. The fourth-order valence-corrected chi connectivity index (χ4v) is 1.75. The first-order chi connectivity index (χ1) is 10.2. The Morgan fingerprint density at radius 1 is 1.27 bits per heavy atom. The van der Waals surface area contributed by atoms with Crippen molar-refractivity contribution in [2.45, 2.75) is 51.7 Å². The topological polar surface area (TPSA) is 98.9 Å². The fourth-order valence-electron chi connectivity index (χ4n) is 1.75. The number of ether oxygens (including phenoxy) is 2. The molecule has 7 nitrogen and oxygen atoms in total. The van der Waals surface area contributed by atoms with Gasteiger partial charge >= 0.3 is 12.1 Å². The van der Waals surface area contributed by atoms with Crippen molar-refractivity contribution in [3.8, 4) is 0 Å². The molecule has 0 unspecified atom stereocenters. The maximum atomic E-state index is 12.3. The maximum absolute atomic E-state index is 12.3. The molecule has 2 amide bonds. The van der Waals surface area contributed by atoms with Gasteiger partial charge in [0, 0.05) is 0 Å². The highest BCUT2D eigenvalue weighted by Crippen LogP contribution is 2.17. The van der Waals surface area contributed by atoms with E-state index in [1.165, 1.54) is 7.11 Å². The first-order valence-electron chi connectivity index (χ1n) is 7.14. The summed E-state index contributed by atoms with van der Waals surface area (Å²) in [5.41, 5.74) is 4.63. The van der Waals surface area contributed by atoms with Gasteiger partial charge in [0.15, 0.2) is 0 Å². The normalized spacial score (nSPS) is 12.2. The van der Waals surface area contributed by atoms with Crippen LogP contribution < -0.4 is 5.73 Å². The molecule has 0 aromatic rings. The SMILES string of the molecule is C=CC(=O)N(C(=O)OC(C)(C)C)[C@@H](CCCCN)C(=O)OC. The number of amides is 2. The Bertz CT molecular complexity index is 415. The van der Waals surface area contributed by atoms with Crippen LogP contribution in [0.5, 0.6) is 0 Å². The van der Waals surface area contributed by atoms with Gasteiger partial charge in [-0.3, -0.25) is 4.79 Å². The quantitative estimate of drug-likeness (QED) is 0.435. The highest BCUT2D eigenvalue weighted by Gasteiger charge is 2.36. The minimum atomic E-state index is -1.06. The first kappa shape index (κ1) is 20.1. The number of hydrogen-bond donors (Lipinski definition) is 1. The molecule has 7 heteroatoms. The van der Waals surface area contributed by atoms with Crippen molar-refractivity contribution in [3.05, 3.63) is 12.7 Å². The Kier molecular flexibility index (Phi) is 8.40. The van der Waals surface area contributed by atoms with Gasteiger partial charge in [0.25, 0.3) is 5.91 Å². The van der Waals surface area contributed by atoms with E-state index >= 15 is 0 Å². The van der Waals surface area contributed by atoms with Gasteiger partial charge in [-0.05, 0) is 52.7 Å². The van der Waals surface area contributed by atoms with E-state index in [0.29, 0.717) is 19.4 Å². The van der Waals surface area contributed by atoms with E-state index in [9.17, 15) is 14.4 Å². The van der Waals surface area contributed by atoms with Crippen molar-refractivity contribution in [1.29, 1.82) is 0 Å². The molecule has 0 fully saturated rings. The summed E-state index contributed by atoms with van der Waals surface area (Å²) in [6.07, 6.45) is 1.55. The van der Waals surface area contributed by atoms with Crippen molar-refractivity contribution >= 4 is 18.0 Å². The summed E-state index contributed by atoms with van der Waals surface area (Å²) in [6.45, 7) is 8.82. The average Bonchev–Trinajstić information content (AvgIpc) is 2.43. The van der Waals surface area contributed by atoms with Crippen LogP contribution in [0.2, 0.25) is 0 Å². The first-order valence-corrected chi connectivity index (χ1v) is 7.14. The predicted molar refractivity (Wildman–Crippen MR) is 82.0 cm³/mol. The van der Waals surface area contributed by atoms with Crippen LogP contribution in [0.1, 0.15) is 40.0 Å². The van der Waals surface area contributed by atoms with Crippen molar-refractivity contribution in [3.63, 3.8) is 0 Å². The van der Waals surface area contributed by atoms with Crippen LogP contribution in [0.3, 0.4) is 0 Å². The van der Waals surface area contributed by atoms with Gasteiger partial charge in [-0.2, -0.15) is 0 Å². The van der Waals surface area contributed by atoms with Crippen LogP contribution in [-0.4, -0.2) is 48.2 Å². The Morgan fingerprint density at radius 3 is 2.27 bits per heavy atom. The minimum absolute atomic E-state index is 0.253. The molecule has 0 aromatic heterocycles. The van der Waals surface area contributed by atoms with Crippen LogP contribution in [0.15, 0.2) is 12.7 Å². The molecule has 0 aliphatic heterocycles. The van der Waals surface area contributed by atoms with E-state index in [2.05, 4.69) is 6.58 Å². The number of unbranched alkanes of at least 4 members (excludes halogenated alkanes) is 1. The summed E-state index contributed by atoms with van der Waals surface area (Å²) >= 11 is 0. The van der Waals surface area contributed by atoms with Gasteiger partial charge in [-0.15, -0.1) is 0 Å². The number of nitrogens with two attached hydrogens (primary N) is 1. The monoisotopic (exact) mass is 314 g/mol. The highest BCUT2D eigenvalue weighted by molar-refractivity contribution is 6.01. The van der Waals surface area contributed by atoms with Crippen molar-refractivity contribution < 1.29 is 23.9 Å². The lowest BCUT2D eigenvalue weighted by Crippen LogP contribution is -2.50. The Labute approximate surface area is 131 Å². The van der Waals surface area contributed by atoms with E-state index in [1.54, 1.807) is 20.8 Å². The number of hydrogen-bond acceptors (Lipinski definition) is 6. The van der Waals surface area contributed by atoms with Crippen LogP contribution in [-0.2, 0) is 19.1 Å². The second kappa shape index (κ2) is 9.19. The molecule has 0 aliphatic carbocycles. The largest absolute Gasteiger partial charge is 0.467 e. The van der Waals surface area contributed by atoms with Crippen molar-refractivity contribution in [2.75, 3.05) is 13.7 Å². The number of carbonyl (C=O) groups is 3. The molecule has 126 valence electrons.